The van der Waals surface area contributed by atoms with Crippen LogP contribution in [0.25, 0.3) is 15.9 Å². The van der Waals surface area contributed by atoms with Crippen molar-refractivity contribution in [3.8, 4) is 5.69 Å². The van der Waals surface area contributed by atoms with E-state index in [0.29, 0.717) is 27.7 Å². The summed E-state index contributed by atoms with van der Waals surface area (Å²) < 4.78 is 7.33. The van der Waals surface area contributed by atoms with Crippen LogP contribution in [0.5, 0.6) is 0 Å². The molecular weight excluding hydrogens is 444 g/mol. The minimum Gasteiger partial charge on any atom is -0.453 e. The molecule has 4 aliphatic carbocycles. The topological polar surface area (TPSA) is 61.2 Å². The second-order valence-electron chi connectivity index (χ2n) is 9.98. The number of fused-ring (bicyclic) bond motifs is 1. The van der Waals surface area contributed by atoms with Crippen LogP contribution in [0.4, 0.5) is 0 Å². The molecule has 0 N–H and O–H groups in total. The van der Waals surface area contributed by atoms with Crippen molar-refractivity contribution in [3.63, 3.8) is 0 Å². The summed E-state index contributed by atoms with van der Waals surface area (Å²) >= 11 is 7.69. The number of esters is 1. The van der Waals surface area contributed by atoms with Crippen molar-refractivity contribution in [2.75, 3.05) is 6.61 Å². The van der Waals surface area contributed by atoms with Gasteiger partial charge in [-0.2, -0.15) is 5.10 Å². The SMILES string of the molecule is Cc1nn(-c2ccccc2Cl)c2sc(C(=O)OCC(=O)C34CC5CC(CC(C5)C3)C4)cc12. The van der Waals surface area contributed by atoms with Gasteiger partial charge in [0.15, 0.2) is 12.4 Å². The van der Waals surface area contributed by atoms with E-state index in [0.717, 1.165) is 40.9 Å². The van der Waals surface area contributed by atoms with Crippen molar-refractivity contribution >= 4 is 44.9 Å². The molecule has 7 heteroatoms. The third-order valence-electron chi connectivity index (χ3n) is 7.79. The molecular formula is C25H25ClN2O3S. The number of halogens is 1. The van der Waals surface area contributed by atoms with E-state index in [4.69, 9.17) is 16.3 Å². The van der Waals surface area contributed by atoms with Gasteiger partial charge in [0.25, 0.3) is 0 Å². The van der Waals surface area contributed by atoms with Crippen LogP contribution in [0.3, 0.4) is 0 Å². The maximum absolute atomic E-state index is 13.2. The summed E-state index contributed by atoms with van der Waals surface area (Å²) in [5.74, 6) is 1.77. The molecule has 0 amide bonds. The highest BCUT2D eigenvalue weighted by atomic mass is 35.5. The van der Waals surface area contributed by atoms with Crippen LogP contribution in [0.1, 0.15) is 53.9 Å². The first-order valence-electron chi connectivity index (χ1n) is 11.4. The summed E-state index contributed by atoms with van der Waals surface area (Å²) in [6.45, 7) is 1.79. The molecule has 2 aromatic heterocycles. The van der Waals surface area contributed by atoms with Gasteiger partial charge in [0.2, 0.25) is 0 Å². The number of thiophene rings is 1. The average molecular weight is 469 g/mol. The number of rotatable bonds is 5. The number of hydrogen-bond acceptors (Lipinski definition) is 5. The molecule has 1 aromatic carbocycles. The van der Waals surface area contributed by atoms with Gasteiger partial charge in [0, 0.05) is 10.8 Å². The Kier molecular flexibility index (Phi) is 4.74. The lowest BCUT2D eigenvalue weighted by Crippen LogP contribution is -2.51. The number of carbonyl (C=O) groups is 2. The van der Waals surface area contributed by atoms with E-state index in [-0.39, 0.29) is 17.8 Å². The van der Waals surface area contributed by atoms with Gasteiger partial charge in [-0.3, -0.25) is 4.79 Å². The van der Waals surface area contributed by atoms with E-state index >= 15 is 0 Å². The number of para-hydroxylation sites is 1. The van der Waals surface area contributed by atoms with Gasteiger partial charge in [0.1, 0.15) is 9.71 Å². The Hall–Kier alpha value is -2.18. The molecule has 4 fully saturated rings. The molecule has 4 saturated carbocycles. The van der Waals surface area contributed by atoms with E-state index in [1.54, 1.807) is 4.68 Å². The number of aromatic nitrogens is 2. The normalized spacial score (nSPS) is 28.4. The Bertz CT molecular complexity index is 1210. The summed E-state index contributed by atoms with van der Waals surface area (Å²) in [6, 6.07) is 9.31. The molecule has 32 heavy (non-hydrogen) atoms. The zero-order valence-corrected chi connectivity index (χ0v) is 19.5. The summed E-state index contributed by atoms with van der Waals surface area (Å²) in [4.78, 5) is 27.4. The lowest BCUT2D eigenvalue weighted by atomic mass is 9.48. The molecule has 166 valence electrons. The molecule has 0 saturated heterocycles. The summed E-state index contributed by atoms with van der Waals surface area (Å²) in [7, 11) is 0. The smallest absolute Gasteiger partial charge is 0.348 e. The number of ether oxygens (including phenoxy) is 1. The third-order valence-corrected chi connectivity index (χ3v) is 9.20. The van der Waals surface area contributed by atoms with E-state index in [2.05, 4.69) is 5.10 Å². The van der Waals surface area contributed by atoms with Crippen molar-refractivity contribution in [3.05, 3.63) is 45.9 Å². The van der Waals surface area contributed by atoms with Crippen LogP contribution in [0.2, 0.25) is 5.02 Å². The van der Waals surface area contributed by atoms with Crippen LogP contribution in [-0.2, 0) is 9.53 Å². The van der Waals surface area contributed by atoms with Gasteiger partial charge >= 0.3 is 5.97 Å². The minimum atomic E-state index is -0.436. The van der Waals surface area contributed by atoms with E-state index in [1.807, 2.05) is 37.3 Å². The Labute approximate surface area is 195 Å². The molecule has 0 spiro atoms. The molecule has 2 heterocycles. The predicted molar refractivity (Wildman–Crippen MR) is 125 cm³/mol. The van der Waals surface area contributed by atoms with Gasteiger partial charge in [-0.15, -0.1) is 11.3 Å². The van der Waals surface area contributed by atoms with E-state index < -0.39 is 5.97 Å². The Morgan fingerprint density at radius 1 is 1.16 bits per heavy atom. The number of nitrogens with zero attached hydrogens (tertiary/aromatic N) is 2. The fourth-order valence-corrected chi connectivity index (χ4v) is 8.03. The molecule has 0 atom stereocenters. The summed E-state index contributed by atoms with van der Waals surface area (Å²) in [6.07, 6.45) is 6.84. The number of aryl methyl sites for hydroxylation is 1. The fourth-order valence-electron chi connectivity index (χ4n) is 6.74. The van der Waals surface area contributed by atoms with Crippen molar-refractivity contribution in [1.82, 2.24) is 9.78 Å². The first kappa shape index (κ1) is 20.4. The number of benzene rings is 1. The van der Waals surface area contributed by atoms with Gasteiger partial charge in [0.05, 0.1) is 16.4 Å². The Balaban J connectivity index is 1.21. The fraction of sp³-hybridized carbons (Fsp3) is 0.480. The largest absolute Gasteiger partial charge is 0.453 e. The molecule has 4 bridgehead atoms. The molecule has 3 aromatic rings. The van der Waals surface area contributed by atoms with Gasteiger partial charge in [-0.1, -0.05) is 23.7 Å². The Morgan fingerprint density at radius 3 is 2.47 bits per heavy atom. The first-order valence-corrected chi connectivity index (χ1v) is 12.6. The quantitative estimate of drug-likeness (QED) is 0.431. The zero-order chi connectivity index (χ0) is 22.0. The second kappa shape index (κ2) is 7.42. The Morgan fingerprint density at radius 2 is 1.81 bits per heavy atom. The molecule has 0 radical (unpaired) electrons. The highest BCUT2D eigenvalue weighted by Gasteiger charge is 2.54. The van der Waals surface area contributed by atoms with Crippen LogP contribution in [0, 0.1) is 30.1 Å². The van der Waals surface area contributed by atoms with Crippen molar-refractivity contribution in [2.45, 2.75) is 45.4 Å². The molecule has 5 nitrogen and oxygen atoms in total. The predicted octanol–water partition coefficient (Wildman–Crippen LogP) is 5.99. The number of hydrogen-bond donors (Lipinski definition) is 0. The van der Waals surface area contributed by atoms with Gasteiger partial charge in [-0.05, 0) is 81.4 Å². The van der Waals surface area contributed by atoms with Crippen molar-refractivity contribution < 1.29 is 14.3 Å². The first-order chi connectivity index (χ1) is 15.4. The van der Waals surface area contributed by atoms with Crippen LogP contribution in [-0.4, -0.2) is 28.1 Å². The molecule has 0 unspecified atom stereocenters. The molecule has 0 aliphatic heterocycles. The van der Waals surface area contributed by atoms with Crippen molar-refractivity contribution in [1.29, 1.82) is 0 Å². The molecule has 4 aliphatic rings. The summed E-state index contributed by atoms with van der Waals surface area (Å²) in [5.41, 5.74) is 1.35. The highest BCUT2D eigenvalue weighted by Crippen LogP contribution is 2.60. The minimum absolute atomic E-state index is 0.116. The van der Waals surface area contributed by atoms with Crippen LogP contribution < -0.4 is 0 Å². The average Bonchev–Trinajstić information content (AvgIpc) is 3.32. The van der Waals surface area contributed by atoms with Gasteiger partial charge < -0.3 is 4.74 Å². The van der Waals surface area contributed by atoms with Crippen LogP contribution >= 0.6 is 22.9 Å². The number of Topliss-reactive ketones (excluding diaryl/α,β-unsaturated/α-hetero) is 1. The standard InChI is InChI=1S/C25H25ClN2O3S/c1-14-18-9-21(32-23(18)28(27-14)20-5-3-2-4-19(20)26)24(30)31-13-22(29)25-10-15-6-16(11-25)8-17(7-15)12-25/h2-5,9,15-17H,6-8,10-13H2,1H3. The maximum atomic E-state index is 13.2. The van der Waals surface area contributed by atoms with Crippen molar-refractivity contribution in [2.24, 2.45) is 23.2 Å². The van der Waals surface area contributed by atoms with Crippen LogP contribution in [0.15, 0.2) is 30.3 Å². The van der Waals surface area contributed by atoms with E-state index in [1.165, 1.54) is 30.6 Å². The zero-order valence-electron chi connectivity index (χ0n) is 18.0. The van der Waals surface area contributed by atoms with Gasteiger partial charge in [-0.25, -0.2) is 9.48 Å². The maximum Gasteiger partial charge on any atom is 0.348 e. The molecule has 7 rings (SSSR count). The van der Waals surface area contributed by atoms with E-state index in [9.17, 15) is 9.59 Å². The lowest BCUT2D eigenvalue weighted by Gasteiger charge is -2.55. The number of carbonyl (C=O) groups excluding carboxylic acids is 2. The summed E-state index contributed by atoms with van der Waals surface area (Å²) in [5, 5.41) is 6.09. The number of ketones is 1. The highest BCUT2D eigenvalue weighted by molar-refractivity contribution is 7.20. The monoisotopic (exact) mass is 468 g/mol. The lowest BCUT2D eigenvalue weighted by molar-refractivity contribution is -0.147. The second-order valence-corrected chi connectivity index (χ2v) is 11.4. The third kappa shape index (κ3) is 3.22.